The van der Waals surface area contributed by atoms with Crippen LogP contribution in [0.15, 0.2) is 42.5 Å². The molecule has 0 fully saturated rings. The highest BCUT2D eigenvalue weighted by molar-refractivity contribution is 6.30. The molecule has 100 valence electrons. The van der Waals surface area contributed by atoms with Gasteiger partial charge in [-0.3, -0.25) is 0 Å². The Morgan fingerprint density at radius 2 is 1.84 bits per heavy atom. The molecule has 0 aliphatic heterocycles. The molecule has 0 atom stereocenters. The van der Waals surface area contributed by atoms with Crippen LogP contribution in [0.5, 0.6) is 11.5 Å². The van der Waals surface area contributed by atoms with Crippen LogP contribution in [0.1, 0.15) is 11.1 Å². The van der Waals surface area contributed by atoms with E-state index < -0.39 is 0 Å². The normalized spacial score (nSPS) is 10.3. The van der Waals surface area contributed by atoms with Gasteiger partial charge < -0.3 is 15.2 Å². The van der Waals surface area contributed by atoms with Crippen LogP contribution in [0.25, 0.3) is 0 Å². The van der Waals surface area contributed by atoms with E-state index in [1.807, 2.05) is 36.4 Å². The maximum Gasteiger partial charge on any atom is 0.125 e. The highest BCUT2D eigenvalue weighted by atomic mass is 35.5. The van der Waals surface area contributed by atoms with Gasteiger partial charge in [0.15, 0.2) is 0 Å². The van der Waals surface area contributed by atoms with Crippen molar-refractivity contribution in [3.05, 3.63) is 58.6 Å². The molecule has 4 heteroatoms. The lowest BCUT2D eigenvalue weighted by atomic mass is 10.2. The molecule has 19 heavy (non-hydrogen) atoms. The van der Waals surface area contributed by atoms with Gasteiger partial charge in [-0.25, -0.2) is 0 Å². The van der Waals surface area contributed by atoms with Gasteiger partial charge in [-0.15, -0.1) is 0 Å². The van der Waals surface area contributed by atoms with Crippen LogP contribution in [0.4, 0.5) is 0 Å². The highest BCUT2D eigenvalue weighted by Gasteiger charge is 2.06. The monoisotopic (exact) mass is 277 g/mol. The molecule has 2 aromatic carbocycles. The maximum atomic E-state index is 5.93. The molecule has 0 spiro atoms. The summed E-state index contributed by atoms with van der Waals surface area (Å²) < 4.78 is 11.1. The van der Waals surface area contributed by atoms with E-state index in [2.05, 4.69) is 0 Å². The highest BCUT2D eigenvalue weighted by Crippen LogP contribution is 2.25. The first-order valence-electron chi connectivity index (χ1n) is 5.97. The zero-order valence-corrected chi connectivity index (χ0v) is 11.5. The molecule has 0 saturated carbocycles. The van der Waals surface area contributed by atoms with Crippen molar-refractivity contribution < 1.29 is 9.47 Å². The van der Waals surface area contributed by atoms with Crippen molar-refractivity contribution in [3.8, 4) is 11.5 Å². The Bertz CT molecular complexity index is 558. The van der Waals surface area contributed by atoms with Gasteiger partial charge >= 0.3 is 0 Å². The van der Waals surface area contributed by atoms with Crippen molar-refractivity contribution in [1.82, 2.24) is 0 Å². The Kier molecular flexibility index (Phi) is 4.66. The summed E-state index contributed by atoms with van der Waals surface area (Å²) in [5.41, 5.74) is 7.56. The SMILES string of the molecule is COc1ccccc1COc1ccc(Cl)cc1CN. The predicted octanol–water partition coefficient (Wildman–Crippen LogP) is 3.39. The van der Waals surface area contributed by atoms with Crippen molar-refractivity contribution in [2.75, 3.05) is 7.11 Å². The molecule has 2 rings (SSSR count). The van der Waals surface area contributed by atoms with Crippen LogP contribution >= 0.6 is 11.6 Å². The van der Waals surface area contributed by atoms with Gasteiger partial charge in [0.05, 0.1) is 7.11 Å². The third-order valence-electron chi connectivity index (χ3n) is 2.82. The average Bonchev–Trinajstić information content (AvgIpc) is 2.46. The van der Waals surface area contributed by atoms with Crippen molar-refractivity contribution in [2.24, 2.45) is 5.73 Å². The van der Waals surface area contributed by atoms with Gasteiger partial charge in [0, 0.05) is 22.7 Å². The lowest BCUT2D eigenvalue weighted by Crippen LogP contribution is -2.03. The molecular formula is C15H16ClNO2. The Morgan fingerprint density at radius 3 is 2.58 bits per heavy atom. The third kappa shape index (κ3) is 3.40. The van der Waals surface area contributed by atoms with Gasteiger partial charge in [-0.1, -0.05) is 29.8 Å². The summed E-state index contributed by atoms with van der Waals surface area (Å²) in [5, 5.41) is 0.657. The zero-order chi connectivity index (χ0) is 13.7. The molecule has 0 radical (unpaired) electrons. The molecule has 0 aliphatic rings. The number of nitrogens with two attached hydrogens (primary N) is 1. The second-order valence-corrected chi connectivity index (χ2v) is 4.49. The summed E-state index contributed by atoms with van der Waals surface area (Å²) in [7, 11) is 1.65. The largest absolute Gasteiger partial charge is 0.496 e. The minimum atomic E-state index is 0.391. The molecule has 0 amide bonds. The van der Waals surface area contributed by atoms with Crippen LogP contribution < -0.4 is 15.2 Å². The third-order valence-corrected chi connectivity index (χ3v) is 3.05. The summed E-state index contributed by atoms with van der Waals surface area (Å²) in [6, 6.07) is 13.2. The van der Waals surface area contributed by atoms with Gasteiger partial charge in [-0.2, -0.15) is 0 Å². The number of hydrogen-bond donors (Lipinski definition) is 1. The topological polar surface area (TPSA) is 44.5 Å². The van der Waals surface area contributed by atoms with E-state index in [1.165, 1.54) is 0 Å². The zero-order valence-electron chi connectivity index (χ0n) is 10.7. The van der Waals surface area contributed by atoms with Crippen molar-refractivity contribution in [3.63, 3.8) is 0 Å². The molecule has 0 saturated heterocycles. The number of methoxy groups -OCH3 is 1. The molecule has 0 aliphatic carbocycles. The molecule has 2 N–H and O–H groups in total. The van der Waals surface area contributed by atoms with Gasteiger partial charge in [0.1, 0.15) is 18.1 Å². The lowest BCUT2D eigenvalue weighted by molar-refractivity contribution is 0.294. The average molecular weight is 278 g/mol. The summed E-state index contributed by atoms with van der Waals surface area (Å²) in [5.74, 6) is 1.56. The van der Waals surface area contributed by atoms with Crippen LogP contribution in [0.3, 0.4) is 0 Å². The van der Waals surface area contributed by atoms with Gasteiger partial charge in [0.2, 0.25) is 0 Å². The number of rotatable bonds is 5. The fraction of sp³-hybridized carbons (Fsp3) is 0.200. The summed E-state index contributed by atoms with van der Waals surface area (Å²) >= 11 is 5.93. The van der Waals surface area contributed by atoms with Crippen LogP contribution in [0, 0.1) is 0 Å². The fourth-order valence-corrected chi connectivity index (χ4v) is 2.02. The van der Waals surface area contributed by atoms with Crippen molar-refractivity contribution in [2.45, 2.75) is 13.2 Å². The maximum absolute atomic E-state index is 5.93. The molecule has 0 bridgehead atoms. The number of benzene rings is 2. The molecule has 3 nitrogen and oxygen atoms in total. The predicted molar refractivity (Wildman–Crippen MR) is 76.7 cm³/mol. The summed E-state index contributed by atoms with van der Waals surface area (Å²) in [6.45, 7) is 0.820. The molecule has 0 aromatic heterocycles. The van der Waals surface area contributed by atoms with Crippen LogP contribution in [-0.4, -0.2) is 7.11 Å². The first kappa shape index (κ1) is 13.7. The Labute approximate surface area is 117 Å². The lowest BCUT2D eigenvalue weighted by Gasteiger charge is -2.12. The summed E-state index contributed by atoms with van der Waals surface area (Å²) in [6.07, 6.45) is 0. The Balaban J connectivity index is 2.14. The van der Waals surface area contributed by atoms with E-state index in [1.54, 1.807) is 13.2 Å². The Hall–Kier alpha value is -1.71. The van der Waals surface area contributed by atoms with Crippen molar-refractivity contribution >= 4 is 11.6 Å². The standard InChI is InChI=1S/C15H16ClNO2/c1-18-14-5-3-2-4-11(14)10-19-15-7-6-13(16)8-12(15)9-17/h2-8H,9-10,17H2,1H3. The van der Waals surface area contributed by atoms with Gasteiger partial charge in [0.25, 0.3) is 0 Å². The van der Waals surface area contributed by atoms with E-state index in [4.69, 9.17) is 26.8 Å². The van der Waals surface area contributed by atoms with E-state index in [0.717, 1.165) is 22.6 Å². The van der Waals surface area contributed by atoms with Crippen LogP contribution in [-0.2, 0) is 13.2 Å². The van der Waals surface area contributed by atoms with Crippen LogP contribution in [0.2, 0.25) is 5.02 Å². The summed E-state index contributed by atoms with van der Waals surface area (Å²) in [4.78, 5) is 0. The molecular weight excluding hydrogens is 262 g/mol. The van der Waals surface area contributed by atoms with E-state index >= 15 is 0 Å². The number of hydrogen-bond acceptors (Lipinski definition) is 3. The quantitative estimate of drug-likeness (QED) is 0.911. The van der Waals surface area contributed by atoms with Crippen molar-refractivity contribution in [1.29, 1.82) is 0 Å². The Morgan fingerprint density at radius 1 is 1.05 bits per heavy atom. The number of ether oxygens (including phenoxy) is 2. The fourth-order valence-electron chi connectivity index (χ4n) is 1.83. The number of halogens is 1. The molecule has 0 unspecified atom stereocenters. The molecule has 2 aromatic rings. The van der Waals surface area contributed by atoms with E-state index in [-0.39, 0.29) is 0 Å². The second-order valence-electron chi connectivity index (χ2n) is 4.06. The van der Waals surface area contributed by atoms with Gasteiger partial charge in [-0.05, 0) is 24.3 Å². The smallest absolute Gasteiger partial charge is 0.125 e. The minimum Gasteiger partial charge on any atom is -0.496 e. The molecule has 0 heterocycles. The van der Waals surface area contributed by atoms with E-state index in [0.29, 0.717) is 18.2 Å². The minimum absolute atomic E-state index is 0.391. The number of para-hydroxylation sites is 1. The first-order chi connectivity index (χ1) is 9.24. The van der Waals surface area contributed by atoms with E-state index in [9.17, 15) is 0 Å². The second kappa shape index (κ2) is 6.45. The first-order valence-corrected chi connectivity index (χ1v) is 6.35.